The van der Waals surface area contributed by atoms with Crippen molar-refractivity contribution >= 4 is 22.6 Å². The Morgan fingerprint density at radius 3 is 2.54 bits per heavy atom. The second kappa shape index (κ2) is 7.87. The molecule has 0 aliphatic heterocycles. The quantitative estimate of drug-likeness (QED) is 0.628. The summed E-state index contributed by atoms with van der Waals surface area (Å²) in [4.78, 5) is 18.1. The Morgan fingerprint density at radius 2 is 1.85 bits per heavy atom. The minimum atomic E-state index is -0.348. The summed E-state index contributed by atoms with van der Waals surface area (Å²) in [6.07, 6.45) is 1.55. The molecule has 0 aliphatic carbocycles. The molecule has 134 valence electrons. The van der Waals surface area contributed by atoms with Crippen LogP contribution in [-0.2, 0) is 11.3 Å². The van der Waals surface area contributed by atoms with Gasteiger partial charge in [0.1, 0.15) is 11.6 Å². The highest BCUT2D eigenvalue weighted by molar-refractivity contribution is 5.89. The summed E-state index contributed by atoms with van der Waals surface area (Å²) < 4.78 is 10.2. The smallest absolute Gasteiger partial charge is 0.339 e. The molecule has 2 aromatic carbocycles. The van der Waals surface area contributed by atoms with E-state index in [0.717, 1.165) is 17.0 Å². The topological polar surface area (TPSA) is 51.7 Å². The van der Waals surface area contributed by atoms with E-state index in [0.29, 0.717) is 18.7 Å². The van der Waals surface area contributed by atoms with Crippen molar-refractivity contribution in [2.75, 3.05) is 25.7 Å². The summed E-state index contributed by atoms with van der Waals surface area (Å²) in [5, 5.41) is 2.31. The maximum atomic E-state index is 11.7. The van der Waals surface area contributed by atoms with Crippen LogP contribution in [-0.4, -0.2) is 31.7 Å². The summed E-state index contributed by atoms with van der Waals surface area (Å²) in [7, 11) is 3.65. The van der Waals surface area contributed by atoms with Gasteiger partial charge >= 0.3 is 5.97 Å². The van der Waals surface area contributed by atoms with Crippen LogP contribution in [0.3, 0.4) is 0 Å². The second-order valence-electron chi connectivity index (χ2n) is 6.03. The average molecular weight is 350 g/mol. The van der Waals surface area contributed by atoms with Gasteiger partial charge in [-0.2, -0.15) is 0 Å². The van der Waals surface area contributed by atoms with Gasteiger partial charge in [-0.05, 0) is 53.6 Å². The number of fused-ring (bicyclic) bond motifs is 1. The molecule has 0 atom stereocenters. The number of anilines is 1. The van der Waals surface area contributed by atoms with Gasteiger partial charge < -0.3 is 14.4 Å². The predicted octanol–water partition coefficient (Wildman–Crippen LogP) is 4.06. The fourth-order valence-corrected chi connectivity index (χ4v) is 2.80. The van der Waals surface area contributed by atoms with Gasteiger partial charge in [0, 0.05) is 19.8 Å². The molecule has 26 heavy (non-hydrogen) atoms. The van der Waals surface area contributed by atoms with Crippen molar-refractivity contribution in [3.05, 3.63) is 65.9 Å². The van der Waals surface area contributed by atoms with Gasteiger partial charge in [0.05, 0.1) is 19.3 Å². The number of benzene rings is 2. The molecule has 5 heteroatoms. The third-order valence-electron chi connectivity index (χ3n) is 4.18. The number of carbonyl (C=O) groups is 1. The van der Waals surface area contributed by atoms with Crippen molar-refractivity contribution in [3.63, 3.8) is 0 Å². The molecule has 5 nitrogen and oxygen atoms in total. The maximum absolute atomic E-state index is 11.7. The molecule has 0 fully saturated rings. The number of hydrogen-bond donors (Lipinski definition) is 0. The molecule has 0 radical (unpaired) electrons. The zero-order chi connectivity index (χ0) is 18.5. The first kappa shape index (κ1) is 17.7. The molecule has 1 heterocycles. The monoisotopic (exact) mass is 350 g/mol. The number of nitrogens with zero attached hydrogens (tertiary/aromatic N) is 2. The highest BCUT2D eigenvalue weighted by Gasteiger charge is 2.09. The third-order valence-corrected chi connectivity index (χ3v) is 4.18. The SMILES string of the molecule is CCOC(=O)c1ccc(N(C)Cc2ccc3cc(OC)ccc3c2)nc1. The predicted molar refractivity (Wildman–Crippen MR) is 103 cm³/mol. The molecular formula is C21H22N2O3. The molecule has 0 N–H and O–H groups in total. The van der Waals surface area contributed by atoms with Crippen LogP contribution in [0.25, 0.3) is 10.8 Å². The molecule has 3 rings (SSSR count). The lowest BCUT2D eigenvalue weighted by atomic mass is 10.1. The second-order valence-corrected chi connectivity index (χ2v) is 6.03. The Hall–Kier alpha value is -3.08. The Morgan fingerprint density at radius 1 is 1.08 bits per heavy atom. The minimum absolute atomic E-state index is 0.348. The van der Waals surface area contributed by atoms with Crippen LogP contribution in [0.2, 0.25) is 0 Å². The Bertz CT molecular complexity index is 907. The summed E-state index contributed by atoms with van der Waals surface area (Å²) in [6, 6.07) is 16.0. The van der Waals surface area contributed by atoms with Gasteiger partial charge in [-0.3, -0.25) is 0 Å². The first-order chi connectivity index (χ1) is 12.6. The molecule has 0 amide bonds. The van der Waals surface area contributed by atoms with Crippen LogP contribution < -0.4 is 9.64 Å². The van der Waals surface area contributed by atoms with E-state index in [4.69, 9.17) is 9.47 Å². The van der Waals surface area contributed by atoms with E-state index in [1.807, 2.05) is 30.1 Å². The van der Waals surface area contributed by atoms with E-state index in [1.54, 1.807) is 26.3 Å². The largest absolute Gasteiger partial charge is 0.497 e. The number of methoxy groups -OCH3 is 1. The van der Waals surface area contributed by atoms with E-state index in [9.17, 15) is 4.79 Å². The molecule has 0 unspecified atom stereocenters. The van der Waals surface area contributed by atoms with Crippen LogP contribution in [0.5, 0.6) is 5.75 Å². The number of hydrogen-bond acceptors (Lipinski definition) is 5. The van der Waals surface area contributed by atoms with Gasteiger partial charge in [-0.15, -0.1) is 0 Å². The van der Waals surface area contributed by atoms with Gasteiger partial charge in [0.15, 0.2) is 0 Å². The number of ether oxygens (including phenoxy) is 2. The van der Waals surface area contributed by atoms with Crippen LogP contribution in [0.15, 0.2) is 54.7 Å². The molecule has 0 bridgehead atoms. The van der Waals surface area contributed by atoms with Crippen molar-refractivity contribution in [2.24, 2.45) is 0 Å². The van der Waals surface area contributed by atoms with E-state index >= 15 is 0 Å². The molecule has 1 aromatic heterocycles. The summed E-state index contributed by atoms with van der Waals surface area (Å²) in [6.45, 7) is 2.86. The fourth-order valence-electron chi connectivity index (χ4n) is 2.80. The first-order valence-corrected chi connectivity index (χ1v) is 8.51. The zero-order valence-corrected chi connectivity index (χ0v) is 15.2. The van der Waals surface area contributed by atoms with Crippen molar-refractivity contribution in [1.29, 1.82) is 0 Å². The molecule has 0 aliphatic rings. The van der Waals surface area contributed by atoms with E-state index < -0.39 is 0 Å². The van der Waals surface area contributed by atoms with Crippen LogP contribution in [0, 0.1) is 0 Å². The van der Waals surface area contributed by atoms with Crippen molar-refractivity contribution < 1.29 is 14.3 Å². The van der Waals surface area contributed by atoms with Gasteiger partial charge in [0.25, 0.3) is 0 Å². The maximum Gasteiger partial charge on any atom is 0.339 e. The standard InChI is InChI=1S/C21H22N2O3/c1-4-26-21(24)18-8-10-20(22-13-18)23(2)14-15-5-6-17-12-19(25-3)9-7-16(17)11-15/h5-13H,4,14H2,1-3H3. The molecule has 0 saturated heterocycles. The van der Waals surface area contributed by atoms with Gasteiger partial charge in [-0.1, -0.05) is 18.2 Å². The number of esters is 1. The highest BCUT2D eigenvalue weighted by atomic mass is 16.5. The van der Waals surface area contributed by atoms with Crippen molar-refractivity contribution in [2.45, 2.75) is 13.5 Å². The Balaban J connectivity index is 1.73. The van der Waals surface area contributed by atoms with E-state index in [2.05, 4.69) is 29.2 Å². The number of rotatable bonds is 6. The molecule has 0 saturated carbocycles. The lowest BCUT2D eigenvalue weighted by Crippen LogP contribution is -2.18. The number of aromatic nitrogens is 1. The minimum Gasteiger partial charge on any atom is -0.497 e. The normalized spacial score (nSPS) is 10.6. The average Bonchev–Trinajstić information content (AvgIpc) is 2.67. The van der Waals surface area contributed by atoms with Gasteiger partial charge in [0.2, 0.25) is 0 Å². The number of pyridine rings is 1. The van der Waals surface area contributed by atoms with Crippen LogP contribution in [0.1, 0.15) is 22.8 Å². The highest BCUT2D eigenvalue weighted by Crippen LogP contribution is 2.23. The van der Waals surface area contributed by atoms with E-state index in [-0.39, 0.29) is 5.97 Å². The first-order valence-electron chi connectivity index (χ1n) is 8.51. The Labute approximate surface area is 153 Å². The summed E-state index contributed by atoms with van der Waals surface area (Å²) in [5.41, 5.74) is 1.64. The van der Waals surface area contributed by atoms with Crippen LogP contribution in [0.4, 0.5) is 5.82 Å². The van der Waals surface area contributed by atoms with E-state index in [1.165, 1.54) is 10.9 Å². The van der Waals surface area contributed by atoms with Gasteiger partial charge in [-0.25, -0.2) is 9.78 Å². The summed E-state index contributed by atoms with van der Waals surface area (Å²) in [5.74, 6) is 1.31. The fraction of sp³-hybridized carbons (Fsp3) is 0.238. The lowest BCUT2D eigenvalue weighted by Gasteiger charge is -2.18. The zero-order valence-electron chi connectivity index (χ0n) is 15.2. The van der Waals surface area contributed by atoms with Crippen molar-refractivity contribution in [3.8, 4) is 5.75 Å². The Kier molecular flexibility index (Phi) is 5.37. The molecule has 3 aromatic rings. The lowest BCUT2D eigenvalue weighted by molar-refractivity contribution is 0.0526. The van der Waals surface area contributed by atoms with Crippen LogP contribution >= 0.6 is 0 Å². The number of carbonyl (C=O) groups excluding carboxylic acids is 1. The molecular weight excluding hydrogens is 328 g/mol. The third kappa shape index (κ3) is 3.94. The summed E-state index contributed by atoms with van der Waals surface area (Å²) >= 11 is 0. The molecule has 0 spiro atoms. The van der Waals surface area contributed by atoms with Crippen molar-refractivity contribution in [1.82, 2.24) is 4.98 Å².